The maximum atomic E-state index is 10.3. The van der Waals surface area contributed by atoms with Gasteiger partial charge in [-0.25, -0.2) is 0 Å². The number of hydrogen-bond donors (Lipinski definition) is 1. The first-order valence-corrected chi connectivity index (χ1v) is 12.7. The fourth-order valence-corrected chi connectivity index (χ4v) is 5.29. The highest BCUT2D eigenvalue weighted by Crippen LogP contribution is 2.30. The van der Waals surface area contributed by atoms with Crippen LogP contribution >= 0.6 is 0 Å². The van der Waals surface area contributed by atoms with E-state index < -0.39 is 5.60 Å². The predicted octanol–water partition coefficient (Wildman–Crippen LogP) is 3.14. The zero-order valence-electron chi connectivity index (χ0n) is 21.3. The minimum atomic E-state index is -0.949. The Balaban J connectivity index is 1.24. The third-order valence-electron chi connectivity index (χ3n) is 7.10. The van der Waals surface area contributed by atoms with Crippen LogP contribution in [0, 0.1) is 11.3 Å². The first kappa shape index (κ1) is 24.4. The van der Waals surface area contributed by atoms with Crippen molar-refractivity contribution in [3.05, 3.63) is 60.0 Å². The highest BCUT2D eigenvalue weighted by molar-refractivity contribution is 5.95. The van der Waals surface area contributed by atoms with E-state index in [1.54, 1.807) is 26.2 Å². The van der Waals surface area contributed by atoms with Crippen LogP contribution < -0.4 is 9.80 Å². The molecule has 36 heavy (non-hydrogen) atoms. The molecule has 0 spiro atoms. The van der Waals surface area contributed by atoms with E-state index in [1.807, 2.05) is 30.3 Å². The number of fused-ring (bicyclic) bond motifs is 1. The van der Waals surface area contributed by atoms with Crippen molar-refractivity contribution in [3.8, 4) is 6.07 Å². The number of hydrogen-bond acceptors (Lipinski definition) is 8. The van der Waals surface area contributed by atoms with Gasteiger partial charge in [-0.05, 0) is 57.2 Å². The van der Waals surface area contributed by atoms with Crippen molar-refractivity contribution in [2.75, 3.05) is 55.6 Å². The first-order chi connectivity index (χ1) is 17.3. The topological polar surface area (TPSA) is 88.8 Å². The summed E-state index contributed by atoms with van der Waals surface area (Å²) in [5, 5.41) is 20.8. The van der Waals surface area contributed by atoms with Crippen LogP contribution in [0.2, 0.25) is 0 Å². The highest BCUT2D eigenvalue weighted by Gasteiger charge is 2.29. The quantitative estimate of drug-likeness (QED) is 0.589. The Morgan fingerprint density at radius 2 is 1.86 bits per heavy atom. The van der Waals surface area contributed by atoms with Gasteiger partial charge in [0.15, 0.2) is 0 Å². The van der Waals surface area contributed by atoms with Crippen LogP contribution in [0.5, 0.6) is 0 Å². The Morgan fingerprint density at radius 3 is 2.61 bits per heavy atom. The second-order valence-corrected chi connectivity index (χ2v) is 10.4. The van der Waals surface area contributed by atoms with Crippen molar-refractivity contribution in [2.24, 2.45) is 0 Å². The Labute approximate surface area is 212 Å². The molecule has 2 aliphatic heterocycles. The second kappa shape index (κ2) is 10.0. The number of aliphatic hydroxyl groups is 1. The largest absolute Gasteiger partial charge is 0.384 e. The summed E-state index contributed by atoms with van der Waals surface area (Å²) < 4.78 is 6.36. The number of aromatic nitrogens is 2. The summed E-state index contributed by atoms with van der Waals surface area (Å²) in [6.45, 7) is 11.9. The summed E-state index contributed by atoms with van der Waals surface area (Å²) in [5.74, 6) is 0. The monoisotopic (exact) mass is 486 g/mol. The number of nitrogens with zero attached hydrogens (tertiary/aromatic N) is 6. The standard InChI is InChI=1S/C28H34N6O2/c1-20-17-34(25-7-6-21(16-29)27-24(25)5-4-9-31-27)19-23(36-20)18-32-11-13-33(14-12-32)22-8-10-30-26(15-22)28(2,3)35/h4-10,15,20,23,35H,11-14,17-19H2,1-3H3/t20-,23+/m1/s1. The van der Waals surface area contributed by atoms with Crippen molar-refractivity contribution >= 4 is 22.3 Å². The molecule has 2 saturated heterocycles. The normalized spacial score (nSPS) is 21.5. The molecule has 2 aromatic heterocycles. The van der Waals surface area contributed by atoms with Crippen LogP contribution in [0.3, 0.4) is 0 Å². The van der Waals surface area contributed by atoms with E-state index in [0.717, 1.165) is 68.1 Å². The Morgan fingerprint density at radius 1 is 1.06 bits per heavy atom. The molecule has 5 rings (SSSR count). The Hall–Kier alpha value is -3.25. The third-order valence-corrected chi connectivity index (χ3v) is 7.10. The maximum absolute atomic E-state index is 10.3. The fourth-order valence-electron chi connectivity index (χ4n) is 5.29. The minimum absolute atomic E-state index is 0.102. The summed E-state index contributed by atoms with van der Waals surface area (Å²) in [6, 6.07) is 14.2. The SMILES string of the molecule is C[C@@H]1CN(c2ccc(C#N)c3ncccc23)C[C@H](CN2CCN(c3ccnc(C(C)(C)O)c3)CC2)O1. The van der Waals surface area contributed by atoms with Gasteiger partial charge in [0.2, 0.25) is 0 Å². The van der Waals surface area contributed by atoms with Crippen LogP contribution in [0.4, 0.5) is 11.4 Å². The van der Waals surface area contributed by atoms with Gasteiger partial charge in [-0.2, -0.15) is 5.26 Å². The third kappa shape index (κ3) is 5.14. The van der Waals surface area contributed by atoms with Crippen LogP contribution in [-0.4, -0.2) is 78.0 Å². The molecule has 0 unspecified atom stereocenters. The van der Waals surface area contributed by atoms with Crippen molar-refractivity contribution in [3.63, 3.8) is 0 Å². The summed E-state index contributed by atoms with van der Waals surface area (Å²) in [7, 11) is 0. The molecule has 8 nitrogen and oxygen atoms in total. The lowest BCUT2D eigenvalue weighted by molar-refractivity contribution is -0.0327. The van der Waals surface area contributed by atoms with Gasteiger partial charge >= 0.3 is 0 Å². The van der Waals surface area contributed by atoms with E-state index in [-0.39, 0.29) is 12.2 Å². The number of benzene rings is 1. The summed E-state index contributed by atoms with van der Waals surface area (Å²) in [4.78, 5) is 16.0. The summed E-state index contributed by atoms with van der Waals surface area (Å²) in [5.41, 5.74) is 3.33. The van der Waals surface area contributed by atoms with Crippen molar-refractivity contribution < 1.29 is 9.84 Å². The van der Waals surface area contributed by atoms with E-state index in [0.29, 0.717) is 11.3 Å². The van der Waals surface area contributed by atoms with Crippen LogP contribution in [0.25, 0.3) is 10.9 Å². The molecule has 2 atom stereocenters. The molecule has 188 valence electrons. The molecule has 4 heterocycles. The lowest BCUT2D eigenvalue weighted by Crippen LogP contribution is -2.54. The van der Waals surface area contributed by atoms with Gasteiger partial charge in [-0.15, -0.1) is 0 Å². The molecule has 0 amide bonds. The zero-order chi connectivity index (χ0) is 25.3. The molecule has 2 aliphatic rings. The van der Waals surface area contributed by atoms with Crippen LogP contribution in [0.15, 0.2) is 48.8 Å². The molecule has 1 aromatic carbocycles. The molecule has 2 fully saturated rings. The number of piperazine rings is 1. The van der Waals surface area contributed by atoms with Gasteiger partial charge in [-0.1, -0.05) is 0 Å². The van der Waals surface area contributed by atoms with E-state index in [4.69, 9.17) is 4.74 Å². The number of rotatable bonds is 5. The highest BCUT2D eigenvalue weighted by atomic mass is 16.5. The van der Waals surface area contributed by atoms with Crippen molar-refractivity contribution in [1.82, 2.24) is 14.9 Å². The van der Waals surface area contributed by atoms with E-state index in [1.165, 1.54) is 0 Å². The molecular weight excluding hydrogens is 452 g/mol. The van der Waals surface area contributed by atoms with Crippen molar-refractivity contribution in [1.29, 1.82) is 5.26 Å². The average Bonchev–Trinajstić information content (AvgIpc) is 2.88. The first-order valence-electron chi connectivity index (χ1n) is 12.7. The molecule has 0 aliphatic carbocycles. The maximum Gasteiger partial charge on any atom is 0.101 e. The molecule has 8 heteroatoms. The van der Waals surface area contributed by atoms with Gasteiger partial charge in [0.1, 0.15) is 11.7 Å². The van der Waals surface area contributed by atoms with Gasteiger partial charge in [0.05, 0.1) is 29.0 Å². The Kier molecular flexibility index (Phi) is 6.80. The number of nitriles is 1. The average molecular weight is 487 g/mol. The molecule has 3 aromatic rings. The minimum Gasteiger partial charge on any atom is -0.384 e. The summed E-state index contributed by atoms with van der Waals surface area (Å²) >= 11 is 0. The molecule has 1 N–H and O–H groups in total. The zero-order valence-corrected chi connectivity index (χ0v) is 21.3. The van der Waals surface area contributed by atoms with E-state index in [2.05, 4.69) is 43.7 Å². The van der Waals surface area contributed by atoms with Crippen LogP contribution in [-0.2, 0) is 10.3 Å². The lowest BCUT2D eigenvalue weighted by Gasteiger charge is -2.42. The number of anilines is 2. The number of ether oxygens (including phenoxy) is 1. The fraction of sp³-hybridized carbons (Fsp3) is 0.464. The van der Waals surface area contributed by atoms with Crippen LogP contribution in [0.1, 0.15) is 32.0 Å². The molecule has 0 bridgehead atoms. The Bertz CT molecular complexity index is 1260. The predicted molar refractivity (Wildman–Crippen MR) is 141 cm³/mol. The molecular formula is C28H34N6O2. The van der Waals surface area contributed by atoms with Gasteiger partial charge < -0.3 is 19.6 Å². The summed E-state index contributed by atoms with van der Waals surface area (Å²) in [6.07, 6.45) is 3.74. The molecule has 0 saturated carbocycles. The lowest BCUT2D eigenvalue weighted by atomic mass is 10.0. The van der Waals surface area contributed by atoms with E-state index in [9.17, 15) is 10.4 Å². The number of morpholine rings is 1. The second-order valence-electron chi connectivity index (χ2n) is 10.4. The number of pyridine rings is 2. The van der Waals surface area contributed by atoms with E-state index >= 15 is 0 Å². The van der Waals surface area contributed by atoms with Crippen molar-refractivity contribution in [2.45, 2.75) is 38.6 Å². The van der Waals surface area contributed by atoms with Gasteiger partial charge in [0, 0.05) is 75.0 Å². The van der Waals surface area contributed by atoms with Gasteiger partial charge in [-0.3, -0.25) is 14.9 Å². The molecule has 0 radical (unpaired) electrons. The van der Waals surface area contributed by atoms with Gasteiger partial charge in [0.25, 0.3) is 0 Å². The smallest absolute Gasteiger partial charge is 0.101 e.